The van der Waals surface area contributed by atoms with Crippen molar-refractivity contribution in [2.75, 3.05) is 47.6 Å². The third kappa shape index (κ3) is 3.73. The van der Waals surface area contributed by atoms with Crippen molar-refractivity contribution in [2.24, 2.45) is 0 Å². The van der Waals surface area contributed by atoms with Crippen molar-refractivity contribution >= 4 is 10.8 Å². The highest BCUT2D eigenvalue weighted by Crippen LogP contribution is 2.40. The van der Waals surface area contributed by atoms with Crippen LogP contribution in [-0.2, 0) is 13.0 Å². The smallest absolute Gasteiger partial charge is 0.213 e. The Morgan fingerprint density at radius 1 is 0.906 bits per heavy atom. The number of aryl methyl sites for hydroxylation is 2. The van der Waals surface area contributed by atoms with Gasteiger partial charge in [-0.05, 0) is 61.1 Å². The van der Waals surface area contributed by atoms with Crippen LogP contribution in [-0.4, -0.2) is 52.5 Å². The summed E-state index contributed by atoms with van der Waals surface area (Å²) in [5.74, 6) is 3.14. The Balaban J connectivity index is 1.49. The van der Waals surface area contributed by atoms with Crippen LogP contribution in [0.4, 0.5) is 0 Å². The number of pyridine rings is 1. The summed E-state index contributed by atoms with van der Waals surface area (Å²) in [6.07, 6.45) is 5.71. The monoisotopic (exact) mass is 435 g/mol. The minimum absolute atomic E-state index is 0.687. The fourth-order valence-corrected chi connectivity index (χ4v) is 4.95. The molecular weight excluding hydrogens is 404 g/mol. The number of methoxy groups -OCH3 is 3. The van der Waals surface area contributed by atoms with Crippen LogP contribution < -0.4 is 23.5 Å². The maximum Gasteiger partial charge on any atom is 0.213 e. The first-order chi connectivity index (χ1) is 15.7. The van der Waals surface area contributed by atoms with Gasteiger partial charge in [-0.2, -0.15) is 4.57 Å². The van der Waals surface area contributed by atoms with Crippen LogP contribution in [0.2, 0.25) is 0 Å². The van der Waals surface area contributed by atoms with E-state index in [-0.39, 0.29) is 0 Å². The lowest BCUT2D eigenvalue weighted by molar-refractivity contribution is -0.686. The fourth-order valence-electron chi connectivity index (χ4n) is 4.95. The molecule has 0 unspecified atom stereocenters. The molecule has 5 rings (SSSR count). The van der Waals surface area contributed by atoms with E-state index in [1.807, 2.05) is 6.07 Å². The zero-order valence-electron chi connectivity index (χ0n) is 19.1. The van der Waals surface area contributed by atoms with Gasteiger partial charge in [-0.25, -0.2) is 0 Å². The molecule has 0 atom stereocenters. The Bertz CT molecular complexity index is 1140. The van der Waals surface area contributed by atoms with Gasteiger partial charge in [-0.1, -0.05) is 0 Å². The van der Waals surface area contributed by atoms with Gasteiger partial charge in [0.25, 0.3) is 0 Å². The largest absolute Gasteiger partial charge is 0.493 e. The zero-order valence-corrected chi connectivity index (χ0v) is 19.1. The lowest BCUT2D eigenvalue weighted by Gasteiger charge is -2.20. The summed E-state index contributed by atoms with van der Waals surface area (Å²) in [5.41, 5.74) is 3.66. The molecule has 0 saturated carbocycles. The van der Waals surface area contributed by atoms with Gasteiger partial charge in [-0.15, -0.1) is 0 Å². The third-order valence-electron chi connectivity index (χ3n) is 6.66. The average molecular weight is 436 g/mol. The van der Waals surface area contributed by atoms with Gasteiger partial charge >= 0.3 is 0 Å². The van der Waals surface area contributed by atoms with Crippen molar-refractivity contribution < 1.29 is 23.5 Å². The van der Waals surface area contributed by atoms with Gasteiger partial charge in [0.2, 0.25) is 5.69 Å². The molecule has 32 heavy (non-hydrogen) atoms. The molecule has 0 amide bonds. The summed E-state index contributed by atoms with van der Waals surface area (Å²) < 4.78 is 25.3. The highest BCUT2D eigenvalue weighted by atomic mass is 16.5. The normalized spacial score (nSPS) is 15.3. The molecular formula is C26H31N2O4+. The minimum atomic E-state index is 0.687. The molecule has 3 heterocycles. The first kappa shape index (κ1) is 20.9. The fraction of sp³-hybridized carbons (Fsp3) is 0.423. The number of rotatable bonds is 7. The molecule has 2 aliphatic heterocycles. The van der Waals surface area contributed by atoms with E-state index in [4.69, 9.17) is 18.9 Å². The second kappa shape index (κ2) is 8.87. The van der Waals surface area contributed by atoms with Crippen molar-refractivity contribution in [3.63, 3.8) is 0 Å². The molecule has 1 saturated heterocycles. The zero-order chi connectivity index (χ0) is 22.1. The molecule has 0 N–H and O–H groups in total. The van der Waals surface area contributed by atoms with Crippen LogP contribution >= 0.6 is 0 Å². The number of aromatic nitrogens is 1. The van der Waals surface area contributed by atoms with Gasteiger partial charge in [0.1, 0.15) is 6.61 Å². The first-order valence-electron chi connectivity index (χ1n) is 11.4. The van der Waals surface area contributed by atoms with Crippen LogP contribution in [0.5, 0.6) is 23.0 Å². The molecule has 0 spiro atoms. The van der Waals surface area contributed by atoms with Crippen molar-refractivity contribution in [3.8, 4) is 34.3 Å². The lowest BCUT2D eigenvalue weighted by Crippen LogP contribution is -2.40. The summed E-state index contributed by atoms with van der Waals surface area (Å²) in [4.78, 5) is 2.46. The quantitative estimate of drug-likeness (QED) is 0.528. The lowest BCUT2D eigenvalue weighted by atomic mass is 9.95. The molecule has 6 heteroatoms. The van der Waals surface area contributed by atoms with E-state index in [0.717, 1.165) is 53.3 Å². The number of nitrogens with zero attached hydrogens (tertiary/aromatic N) is 2. The van der Waals surface area contributed by atoms with E-state index in [1.165, 1.54) is 42.8 Å². The highest BCUT2D eigenvalue weighted by Gasteiger charge is 2.27. The Morgan fingerprint density at radius 3 is 2.47 bits per heavy atom. The average Bonchev–Trinajstić information content (AvgIpc) is 3.35. The molecule has 6 nitrogen and oxygen atoms in total. The molecule has 0 aliphatic carbocycles. The summed E-state index contributed by atoms with van der Waals surface area (Å²) >= 11 is 0. The minimum Gasteiger partial charge on any atom is -0.493 e. The van der Waals surface area contributed by atoms with Gasteiger partial charge in [-0.3, -0.25) is 4.90 Å². The molecule has 0 bridgehead atoms. The van der Waals surface area contributed by atoms with Gasteiger partial charge in [0.15, 0.2) is 35.7 Å². The summed E-state index contributed by atoms with van der Waals surface area (Å²) in [6.45, 7) is 4.92. The SMILES string of the molecule is COc1cc2c(cc1OCCN1CCCC1)CC[n+]1cc3c(OC)c(OC)ccc3cc1-2. The number of hydrogen-bond acceptors (Lipinski definition) is 5. The Hall–Kier alpha value is -2.99. The molecule has 2 aromatic carbocycles. The Labute approximate surface area is 189 Å². The van der Waals surface area contributed by atoms with Crippen LogP contribution in [0.15, 0.2) is 36.5 Å². The van der Waals surface area contributed by atoms with Gasteiger partial charge in [0.05, 0.1) is 32.3 Å². The van der Waals surface area contributed by atoms with E-state index < -0.39 is 0 Å². The predicted molar refractivity (Wildman–Crippen MR) is 124 cm³/mol. The van der Waals surface area contributed by atoms with E-state index in [1.54, 1.807) is 21.3 Å². The second-order valence-electron chi connectivity index (χ2n) is 8.46. The van der Waals surface area contributed by atoms with Gasteiger partial charge in [0, 0.05) is 19.0 Å². The molecule has 1 aromatic heterocycles. The number of ether oxygens (including phenoxy) is 4. The first-order valence-corrected chi connectivity index (χ1v) is 11.4. The van der Waals surface area contributed by atoms with E-state index in [9.17, 15) is 0 Å². The van der Waals surface area contributed by atoms with Crippen LogP contribution in [0, 0.1) is 0 Å². The summed E-state index contributed by atoms with van der Waals surface area (Å²) in [6, 6.07) is 10.6. The maximum atomic E-state index is 6.17. The van der Waals surface area contributed by atoms with Crippen LogP contribution in [0.25, 0.3) is 22.0 Å². The van der Waals surface area contributed by atoms with E-state index in [2.05, 4.69) is 39.9 Å². The number of benzene rings is 2. The Morgan fingerprint density at radius 2 is 1.72 bits per heavy atom. The number of likely N-dealkylation sites (tertiary alicyclic amines) is 1. The van der Waals surface area contributed by atoms with E-state index in [0.29, 0.717) is 6.61 Å². The number of hydrogen-bond donors (Lipinski definition) is 0. The van der Waals surface area contributed by atoms with E-state index >= 15 is 0 Å². The van der Waals surface area contributed by atoms with Gasteiger partial charge < -0.3 is 18.9 Å². The number of fused-ring (bicyclic) bond motifs is 4. The maximum absolute atomic E-state index is 6.17. The molecule has 0 radical (unpaired) electrons. The van der Waals surface area contributed by atoms with Crippen LogP contribution in [0.3, 0.4) is 0 Å². The summed E-state index contributed by atoms with van der Waals surface area (Å²) in [7, 11) is 5.07. The highest BCUT2D eigenvalue weighted by molar-refractivity contribution is 5.91. The van der Waals surface area contributed by atoms with Crippen molar-refractivity contribution in [1.82, 2.24) is 4.90 Å². The standard InChI is InChI=1S/C26H31N2O4/c1-29-23-7-6-18-14-22-20-16-24(30-2)25(32-13-12-27-9-4-5-10-27)15-19(20)8-11-28(22)17-21(18)26(23)31-3/h6-7,14-17H,4-5,8-13H2,1-3H3/q+1. The molecule has 3 aromatic rings. The molecule has 1 fully saturated rings. The predicted octanol–water partition coefficient (Wildman–Crippen LogP) is 3.85. The Kier molecular flexibility index (Phi) is 5.79. The summed E-state index contributed by atoms with van der Waals surface area (Å²) in [5, 5.41) is 2.17. The second-order valence-corrected chi connectivity index (χ2v) is 8.46. The van der Waals surface area contributed by atoms with Crippen molar-refractivity contribution in [2.45, 2.75) is 25.8 Å². The topological polar surface area (TPSA) is 44.0 Å². The van der Waals surface area contributed by atoms with Crippen molar-refractivity contribution in [1.29, 1.82) is 0 Å². The molecule has 2 aliphatic rings. The van der Waals surface area contributed by atoms with Crippen LogP contribution in [0.1, 0.15) is 18.4 Å². The third-order valence-corrected chi connectivity index (χ3v) is 6.66. The molecule has 168 valence electrons. The van der Waals surface area contributed by atoms with Crippen molar-refractivity contribution in [3.05, 3.63) is 42.1 Å².